The van der Waals surface area contributed by atoms with Crippen molar-refractivity contribution < 1.29 is 26.4 Å². The monoisotopic (exact) mass is 339 g/mol. The lowest BCUT2D eigenvalue weighted by Crippen LogP contribution is -2.39. The highest BCUT2D eigenvalue weighted by molar-refractivity contribution is 7.92. The van der Waals surface area contributed by atoms with Crippen molar-refractivity contribution in [3.05, 3.63) is 24.3 Å². The minimum atomic E-state index is -4.95. The third-order valence-electron chi connectivity index (χ3n) is 2.66. The van der Waals surface area contributed by atoms with E-state index in [0.29, 0.717) is 11.4 Å². The van der Waals surface area contributed by atoms with E-state index in [1.54, 1.807) is 5.32 Å². The van der Waals surface area contributed by atoms with Crippen LogP contribution < -0.4 is 15.4 Å². The molecule has 1 aromatic carbocycles. The molecule has 0 aromatic heterocycles. The van der Waals surface area contributed by atoms with Crippen molar-refractivity contribution in [2.45, 2.75) is 12.6 Å². The first-order chi connectivity index (χ1) is 10.0. The van der Waals surface area contributed by atoms with Gasteiger partial charge >= 0.3 is 12.1 Å². The molecule has 6 nitrogen and oxygen atoms in total. The van der Waals surface area contributed by atoms with E-state index in [1.165, 1.54) is 24.3 Å². The molecule has 0 aliphatic carbocycles. The first kappa shape index (κ1) is 18.1. The molecule has 1 amide bonds. The Kier molecular flexibility index (Phi) is 5.64. The van der Waals surface area contributed by atoms with Crippen molar-refractivity contribution in [2.24, 2.45) is 0 Å². The topological polar surface area (TPSA) is 92.5 Å². The second-order valence-corrected chi connectivity index (χ2v) is 6.44. The molecule has 1 aromatic rings. The Balaban J connectivity index is 2.65. The van der Waals surface area contributed by atoms with Crippen molar-refractivity contribution in [1.82, 2.24) is 5.32 Å². The maximum atomic E-state index is 12.0. The molecule has 0 radical (unpaired) electrons. The maximum Gasteiger partial charge on any atom is 0.471 e. The van der Waals surface area contributed by atoms with Crippen LogP contribution in [0.2, 0.25) is 0 Å². The highest BCUT2D eigenvalue weighted by Gasteiger charge is 2.38. The number of nitrogens with two attached hydrogens (primary N) is 1. The van der Waals surface area contributed by atoms with Gasteiger partial charge in [-0.2, -0.15) is 13.2 Å². The SMILES string of the molecule is CS(=O)(=O)N(CCCNC(=O)C(F)(F)F)c1ccc(N)cc1. The average Bonchev–Trinajstić information content (AvgIpc) is 2.37. The summed E-state index contributed by atoms with van der Waals surface area (Å²) in [4.78, 5) is 10.6. The standard InChI is InChI=1S/C12H16F3N3O3S/c1-22(20,21)18(10-5-3-9(16)4-6-10)8-2-7-17-11(19)12(13,14)15/h3-6H,2,7-8,16H2,1H3,(H,17,19). The molecule has 22 heavy (non-hydrogen) atoms. The Morgan fingerprint density at radius 3 is 2.27 bits per heavy atom. The Morgan fingerprint density at radius 1 is 1.27 bits per heavy atom. The van der Waals surface area contributed by atoms with E-state index in [2.05, 4.69) is 0 Å². The van der Waals surface area contributed by atoms with Gasteiger partial charge in [-0.1, -0.05) is 0 Å². The molecule has 0 aliphatic heterocycles. The number of rotatable bonds is 6. The quantitative estimate of drug-likeness (QED) is 0.600. The van der Waals surface area contributed by atoms with Crippen molar-refractivity contribution in [3.8, 4) is 0 Å². The molecule has 0 heterocycles. The van der Waals surface area contributed by atoms with Crippen LogP contribution >= 0.6 is 0 Å². The second kappa shape index (κ2) is 6.86. The van der Waals surface area contributed by atoms with Gasteiger partial charge in [0.2, 0.25) is 10.0 Å². The summed E-state index contributed by atoms with van der Waals surface area (Å²) < 4.78 is 60.5. The summed E-state index contributed by atoms with van der Waals surface area (Å²) in [5.41, 5.74) is 6.31. The van der Waals surface area contributed by atoms with Gasteiger partial charge in [-0.15, -0.1) is 0 Å². The zero-order valence-corrected chi connectivity index (χ0v) is 12.5. The number of nitrogen functional groups attached to an aromatic ring is 1. The minimum Gasteiger partial charge on any atom is -0.399 e. The summed E-state index contributed by atoms with van der Waals surface area (Å²) in [6, 6.07) is 6.01. The zero-order chi connectivity index (χ0) is 17.0. The molecule has 0 spiro atoms. The number of sulfonamides is 1. The van der Waals surface area contributed by atoms with E-state index < -0.39 is 22.1 Å². The number of benzene rings is 1. The fraction of sp³-hybridized carbons (Fsp3) is 0.417. The number of carbonyl (C=O) groups excluding carboxylic acids is 1. The van der Waals surface area contributed by atoms with Gasteiger partial charge in [0.25, 0.3) is 0 Å². The Labute approximate surface area is 126 Å². The molecule has 0 fully saturated rings. The van der Waals surface area contributed by atoms with Crippen LogP contribution in [0.3, 0.4) is 0 Å². The summed E-state index contributed by atoms with van der Waals surface area (Å²) in [6.07, 6.45) is -3.94. The Bertz CT molecular complexity index is 615. The van der Waals surface area contributed by atoms with Gasteiger partial charge in [-0.3, -0.25) is 9.10 Å². The van der Waals surface area contributed by atoms with Crippen LogP contribution in [0.15, 0.2) is 24.3 Å². The van der Waals surface area contributed by atoms with Crippen molar-refractivity contribution in [1.29, 1.82) is 0 Å². The van der Waals surface area contributed by atoms with Gasteiger partial charge in [0.05, 0.1) is 11.9 Å². The second-order valence-electron chi connectivity index (χ2n) is 4.53. The van der Waals surface area contributed by atoms with Gasteiger partial charge in [0.1, 0.15) is 0 Å². The van der Waals surface area contributed by atoms with Crippen LogP contribution in [0, 0.1) is 0 Å². The minimum absolute atomic E-state index is 0.0271. The lowest BCUT2D eigenvalue weighted by Gasteiger charge is -2.22. The number of amides is 1. The zero-order valence-electron chi connectivity index (χ0n) is 11.7. The van der Waals surface area contributed by atoms with E-state index in [9.17, 15) is 26.4 Å². The molecule has 3 N–H and O–H groups in total. The normalized spacial score (nSPS) is 12.0. The van der Waals surface area contributed by atoms with Gasteiger partial charge in [0, 0.05) is 18.8 Å². The molecule has 0 aliphatic rings. The average molecular weight is 339 g/mol. The number of hydrogen-bond donors (Lipinski definition) is 2. The lowest BCUT2D eigenvalue weighted by atomic mass is 10.3. The molecule has 0 unspecified atom stereocenters. The summed E-state index contributed by atoms with van der Waals surface area (Å²) in [5, 5.41) is 1.68. The van der Waals surface area contributed by atoms with E-state index >= 15 is 0 Å². The molecule has 0 saturated carbocycles. The number of nitrogens with zero attached hydrogens (tertiary/aromatic N) is 1. The van der Waals surface area contributed by atoms with Crippen molar-refractivity contribution in [3.63, 3.8) is 0 Å². The fourth-order valence-electron chi connectivity index (χ4n) is 1.65. The molecule has 10 heteroatoms. The molecule has 0 bridgehead atoms. The van der Waals surface area contributed by atoms with E-state index in [4.69, 9.17) is 5.73 Å². The third-order valence-corrected chi connectivity index (χ3v) is 3.86. The van der Waals surface area contributed by atoms with Gasteiger partial charge in [-0.05, 0) is 30.7 Å². The van der Waals surface area contributed by atoms with Crippen LogP contribution in [-0.2, 0) is 14.8 Å². The molecule has 0 atom stereocenters. The largest absolute Gasteiger partial charge is 0.471 e. The number of hydrogen-bond acceptors (Lipinski definition) is 4. The molecule has 124 valence electrons. The molecule has 1 rings (SSSR count). The lowest BCUT2D eigenvalue weighted by molar-refractivity contribution is -0.173. The molecular formula is C12H16F3N3O3S. The Hall–Kier alpha value is -1.97. The maximum absolute atomic E-state index is 12.0. The van der Waals surface area contributed by atoms with E-state index in [1.807, 2.05) is 0 Å². The number of nitrogens with one attached hydrogen (secondary N) is 1. The predicted octanol–water partition coefficient (Wildman–Crippen LogP) is 1.10. The predicted molar refractivity (Wildman–Crippen MR) is 76.7 cm³/mol. The summed E-state index contributed by atoms with van der Waals surface area (Å²) >= 11 is 0. The first-order valence-corrected chi connectivity index (χ1v) is 8.05. The Morgan fingerprint density at radius 2 is 1.82 bits per heavy atom. The van der Waals surface area contributed by atoms with Crippen molar-refractivity contribution >= 4 is 27.3 Å². The third kappa shape index (κ3) is 5.43. The summed E-state index contributed by atoms with van der Waals surface area (Å²) in [6.45, 7) is -0.361. The highest BCUT2D eigenvalue weighted by atomic mass is 32.2. The van der Waals surface area contributed by atoms with E-state index in [-0.39, 0.29) is 19.5 Å². The number of carbonyl (C=O) groups is 1. The molecular weight excluding hydrogens is 323 g/mol. The highest BCUT2D eigenvalue weighted by Crippen LogP contribution is 2.19. The van der Waals surface area contributed by atoms with Crippen LogP contribution in [-0.4, -0.2) is 39.8 Å². The van der Waals surface area contributed by atoms with Crippen LogP contribution in [0.4, 0.5) is 24.5 Å². The fourth-order valence-corrected chi connectivity index (χ4v) is 2.62. The summed E-state index contributed by atoms with van der Waals surface area (Å²) in [7, 11) is -3.60. The number of alkyl halides is 3. The van der Waals surface area contributed by atoms with Crippen LogP contribution in [0.25, 0.3) is 0 Å². The van der Waals surface area contributed by atoms with Crippen LogP contribution in [0.5, 0.6) is 0 Å². The first-order valence-electron chi connectivity index (χ1n) is 6.20. The molecule has 0 saturated heterocycles. The van der Waals surface area contributed by atoms with Gasteiger partial charge in [0.15, 0.2) is 0 Å². The summed E-state index contributed by atoms with van der Waals surface area (Å²) in [5.74, 6) is -2.05. The van der Waals surface area contributed by atoms with Gasteiger partial charge in [-0.25, -0.2) is 8.42 Å². The van der Waals surface area contributed by atoms with Crippen LogP contribution in [0.1, 0.15) is 6.42 Å². The smallest absolute Gasteiger partial charge is 0.399 e. The number of anilines is 2. The van der Waals surface area contributed by atoms with Crippen molar-refractivity contribution in [2.75, 3.05) is 29.4 Å². The van der Waals surface area contributed by atoms with Gasteiger partial charge < -0.3 is 11.1 Å². The number of halogens is 3. The van der Waals surface area contributed by atoms with E-state index in [0.717, 1.165) is 10.6 Å².